The van der Waals surface area contributed by atoms with E-state index < -0.39 is 8.80 Å². The highest BCUT2D eigenvalue weighted by molar-refractivity contribution is 6.60. The van der Waals surface area contributed by atoms with Crippen LogP contribution in [0.4, 0.5) is 0 Å². The Bertz CT molecular complexity index is 207. The number of hydrogen-bond donors (Lipinski definition) is 0. The van der Waals surface area contributed by atoms with E-state index in [1.807, 2.05) is 13.8 Å². The van der Waals surface area contributed by atoms with Crippen molar-refractivity contribution in [3.63, 3.8) is 0 Å². The first-order valence-electron chi connectivity index (χ1n) is 9.09. The first kappa shape index (κ1) is 21.1. The molecule has 0 bridgehead atoms. The second-order valence-electron chi connectivity index (χ2n) is 5.78. The van der Waals surface area contributed by atoms with Crippen molar-refractivity contribution in [2.75, 3.05) is 13.2 Å². The third kappa shape index (κ3) is 10.4. The van der Waals surface area contributed by atoms with E-state index in [-0.39, 0.29) is 6.10 Å². The van der Waals surface area contributed by atoms with Gasteiger partial charge < -0.3 is 13.3 Å². The highest BCUT2D eigenvalue weighted by Crippen LogP contribution is 2.22. The van der Waals surface area contributed by atoms with E-state index in [4.69, 9.17) is 13.3 Å². The van der Waals surface area contributed by atoms with Crippen molar-refractivity contribution >= 4 is 8.80 Å². The molecule has 0 spiro atoms. The zero-order valence-corrected chi connectivity index (χ0v) is 16.1. The van der Waals surface area contributed by atoms with Crippen molar-refractivity contribution in [3.05, 3.63) is 0 Å². The topological polar surface area (TPSA) is 27.7 Å². The highest BCUT2D eigenvalue weighted by Gasteiger charge is 2.41. The van der Waals surface area contributed by atoms with Gasteiger partial charge in [0.1, 0.15) is 0 Å². The van der Waals surface area contributed by atoms with Crippen LogP contribution in [0, 0.1) is 0 Å². The lowest BCUT2D eigenvalue weighted by atomic mass is 10.1. The van der Waals surface area contributed by atoms with Crippen molar-refractivity contribution < 1.29 is 13.3 Å². The van der Waals surface area contributed by atoms with Gasteiger partial charge in [-0.1, -0.05) is 58.8 Å². The van der Waals surface area contributed by atoms with E-state index in [9.17, 15) is 0 Å². The molecule has 0 aromatic carbocycles. The normalized spacial score (nSPS) is 13.6. The second kappa shape index (κ2) is 13.7. The van der Waals surface area contributed by atoms with Crippen LogP contribution in [-0.4, -0.2) is 28.1 Å². The Morgan fingerprint density at radius 3 is 1.86 bits per heavy atom. The summed E-state index contributed by atoms with van der Waals surface area (Å²) in [6.07, 6.45) is 10.4. The minimum absolute atomic E-state index is 0.243. The summed E-state index contributed by atoms with van der Waals surface area (Å²) in [6, 6.07) is 0.926. The van der Waals surface area contributed by atoms with Gasteiger partial charge in [-0.25, -0.2) is 0 Å². The summed E-state index contributed by atoms with van der Waals surface area (Å²) in [5.74, 6) is 0. The Labute approximate surface area is 134 Å². The van der Waals surface area contributed by atoms with Gasteiger partial charge in [-0.2, -0.15) is 0 Å². The van der Waals surface area contributed by atoms with Gasteiger partial charge in [0, 0.05) is 25.4 Å². The van der Waals surface area contributed by atoms with Crippen LogP contribution >= 0.6 is 0 Å². The fourth-order valence-corrected chi connectivity index (χ4v) is 5.49. The van der Waals surface area contributed by atoms with E-state index >= 15 is 0 Å². The van der Waals surface area contributed by atoms with Crippen LogP contribution < -0.4 is 0 Å². The molecular weight excluding hydrogens is 280 g/mol. The molecule has 0 amide bonds. The zero-order chi connectivity index (χ0) is 16.0. The maximum absolute atomic E-state index is 6.28. The molecule has 0 aromatic heterocycles. The van der Waals surface area contributed by atoms with Gasteiger partial charge in [-0.05, 0) is 27.2 Å². The molecule has 0 aliphatic heterocycles. The SMILES string of the molecule is CCCCCCCCC(C)O[Si](CCC)(OCC)OCC. The molecule has 1 atom stereocenters. The van der Waals surface area contributed by atoms with Crippen LogP contribution in [0.25, 0.3) is 0 Å². The van der Waals surface area contributed by atoms with E-state index in [0.29, 0.717) is 13.2 Å². The third-order valence-corrected chi connectivity index (χ3v) is 6.96. The lowest BCUT2D eigenvalue weighted by Gasteiger charge is -2.31. The van der Waals surface area contributed by atoms with E-state index in [2.05, 4.69) is 20.8 Å². The smallest absolute Gasteiger partial charge is 0.374 e. The summed E-state index contributed by atoms with van der Waals surface area (Å²) in [4.78, 5) is 0. The molecule has 21 heavy (non-hydrogen) atoms. The molecule has 0 aliphatic rings. The monoisotopic (exact) mass is 318 g/mol. The van der Waals surface area contributed by atoms with Gasteiger partial charge in [0.25, 0.3) is 0 Å². The molecule has 0 aliphatic carbocycles. The molecule has 0 aromatic rings. The molecule has 0 saturated carbocycles. The van der Waals surface area contributed by atoms with Crippen LogP contribution in [0.15, 0.2) is 0 Å². The Morgan fingerprint density at radius 2 is 1.33 bits per heavy atom. The lowest BCUT2D eigenvalue weighted by Crippen LogP contribution is -2.48. The van der Waals surface area contributed by atoms with Crippen molar-refractivity contribution in [2.24, 2.45) is 0 Å². The molecule has 128 valence electrons. The molecule has 0 saturated heterocycles. The van der Waals surface area contributed by atoms with Gasteiger partial charge >= 0.3 is 8.80 Å². The molecule has 3 nitrogen and oxygen atoms in total. The fourth-order valence-electron chi connectivity index (χ4n) is 2.64. The average Bonchev–Trinajstić information content (AvgIpc) is 2.43. The van der Waals surface area contributed by atoms with E-state index in [0.717, 1.165) is 18.9 Å². The molecular formula is C17H38O3Si. The van der Waals surface area contributed by atoms with Crippen LogP contribution in [0.3, 0.4) is 0 Å². The Balaban J connectivity index is 4.10. The van der Waals surface area contributed by atoms with Gasteiger partial charge in [0.2, 0.25) is 0 Å². The predicted octanol–water partition coefficient (Wildman–Crippen LogP) is 5.56. The minimum atomic E-state index is -2.44. The second-order valence-corrected chi connectivity index (χ2v) is 8.46. The molecule has 4 heteroatoms. The number of rotatable bonds is 15. The standard InChI is InChI=1S/C17H38O3Si/c1-6-10-11-12-13-14-15-17(5)20-21(16-7-2,18-8-3)19-9-4/h17H,6-16H2,1-5H3. The largest absolute Gasteiger partial charge is 0.501 e. The van der Waals surface area contributed by atoms with Gasteiger partial charge in [0.05, 0.1) is 0 Å². The highest BCUT2D eigenvalue weighted by atomic mass is 28.4. The van der Waals surface area contributed by atoms with Crippen molar-refractivity contribution in [3.8, 4) is 0 Å². The quantitative estimate of drug-likeness (QED) is 0.292. The van der Waals surface area contributed by atoms with Crippen LogP contribution in [0.5, 0.6) is 0 Å². The van der Waals surface area contributed by atoms with Crippen LogP contribution in [0.1, 0.15) is 86.0 Å². The molecule has 1 unspecified atom stereocenters. The van der Waals surface area contributed by atoms with Gasteiger partial charge in [-0.15, -0.1) is 0 Å². The molecule has 0 fully saturated rings. The number of unbranched alkanes of at least 4 members (excludes halogenated alkanes) is 5. The zero-order valence-electron chi connectivity index (χ0n) is 15.1. The molecule has 0 radical (unpaired) electrons. The molecule has 0 N–H and O–H groups in total. The average molecular weight is 319 g/mol. The van der Waals surface area contributed by atoms with Gasteiger partial charge in [0.15, 0.2) is 0 Å². The Hall–Kier alpha value is 0.0969. The first-order valence-corrected chi connectivity index (χ1v) is 11.0. The fraction of sp³-hybridized carbons (Fsp3) is 1.00. The number of hydrogen-bond acceptors (Lipinski definition) is 3. The molecule has 0 rings (SSSR count). The third-order valence-electron chi connectivity index (χ3n) is 3.63. The summed E-state index contributed by atoms with van der Waals surface area (Å²) >= 11 is 0. The lowest BCUT2D eigenvalue weighted by molar-refractivity contribution is 0.0346. The first-order chi connectivity index (χ1) is 10.1. The maximum Gasteiger partial charge on any atom is 0.501 e. The Kier molecular flexibility index (Phi) is 13.8. The van der Waals surface area contributed by atoms with Crippen molar-refractivity contribution in [2.45, 2.75) is 98.1 Å². The van der Waals surface area contributed by atoms with Crippen molar-refractivity contribution in [1.29, 1.82) is 0 Å². The van der Waals surface area contributed by atoms with Gasteiger partial charge in [-0.3, -0.25) is 0 Å². The maximum atomic E-state index is 6.28. The van der Waals surface area contributed by atoms with Crippen LogP contribution in [0.2, 0.25) is 6.04 Å². The predicted molar refractivity (Wildman–Crippen MR) is 92.6 cm³/mol. The summed E-state index contributed by atoms with van der Waals surface area (Å²) < 4.78 is 18.2. The summed E-state index contributed by atoms with van der Waals surface area (Å²) in [6.45, 7) is 12.0. The summed E-state index contributed by atoms with van der Waals surface area (Å²) in [5, 5.41) is 0. The molecule has 0 heterocycles. The minimum Gasteiger partial charge on any atom is -0.374 e. The van der Waals surface area contributed by atoms with E-state index in [1.165, 1.54) is 38.5 Å². The Morgan fingerprint density at radius 1 is 0.762 bits per heavy atom. The van der Waals surface area contributed by atoms with E-state index in [1.54, 1.807) is 0 Å². The van der Waals surface area contributed by atoms with Crippen LogP contribution in [-0.2, 0) is 13.3 Å². The summed E-state index contributed by atoms with van der Waals surface area (Å²) in [5.41, 5.74) is 0. The summed E-state index contributed by atoms with van der Waals surface area (Å²) in [7, 11) is -2.44. The van der Waals surface area contributed by atoms with Crippen molar-refractivity contribution in [1.82, 2.24) is 0 Å².